The van der Waals surface area contributed by atoms with E-state index < -0.39 is 12.0 Å². The van der Waals surface area contributed by atoms with E-state index in [0.717, 1.165) is 16.9 Å². The molecule has 2 aromatic rings. The summed E-state index contributed by atoms with van der Waals surface area (Å²) in [5.74, 6) is -0.416. The molecular weight excluding hydrogens is 328 g/mol. The molecule has 0 aliphatic heterocycles. The number of aliphatic hydroxyl groups is 1. The van der Waals surface area contributed by atoms with Crippen molar-refractivity contribution in [2.24, 2.45) is 11.8 Å². The van der Waals surface area contributed by atoms with Gasteiger partial charge in [0.15, 0.2) is 0 Å². The van der Waals surface area contributed by atoms with Crippen LogP contribution in [0.15, 0.2) is 54.6 Å². The summed E-state index contributed by atoms with van der Waals surface area (Å²) in [6.45, 7) is 6.24. The molecule has 26 heavy (non-hydrogen) atoms. The number of carbonyl (C=O) groups is 1. The third-order valence-corrected chi connectivity index (χ3v) is 4.72. The molecule has 0 heterocycles. The van der Waals surface area contributed by atoms with Gasteiger partial charge < -0.3 is 14.6 Å². The average Bonchev–Trinajstić information content (AvgIpc) is 2.67. The number of rotatable bonds is 8. The molecule has 0 fully saturated rings. The van der Waals surface area contributed by atoms with Crippen LogP contribution >= 0.6 is 0 Å². The van der Waals surface area contributed by atoms with Crippen molar-refractivity contribution in [2.75, 3.05) is 7.11 Å². The fourth-order valence-corrected chi connectivity index (χ4v) is 3.01. The van der Waals surface area contributed by atoms with Crippen LogP contribution in [-0.2, 0) is 16.1 Å². The highest BCUT2D eigenvalue weighted by molar-refractivity contribution is 5.74. The Morgan fingerprint density at radius 3 is 2.15 bits per heavy atom. The third kappa shape index (κ3) is 5.09. The van der Waals surface area contributed by atoms with Crippen LogP contribution in [0.3, 0.4) is 0 Å². The molecule has 140 valence electrons. The van der Waals surface area contributed by atoms with Crippen molar-refractivity contribution < 1.29 is 19.4 Å². The lowest BCUT2D eigenvalue weighted by Crippen LogP contribution is -2.36. The van der Waals surface area contributed by atoms with Gasteiger partial charge in [0.2, 0.25) is 0 Å². The minimum absolute atomic E-state index is 0.0324. The molecule has 1 N–H and O–H groups in total. The Hall–Kier alpha value is -2.33. The van der Waals surface area contributed by atoms with Crippen LogP contribution in [0.2, 0.25) is 0 Å². The number of carbonyl (C=O) groups excluding carboxylic acids is 1. The molecule has 0 aliphatic carbocycles. The standard InChI is InChI=1S/C22H28O4/c1-15(2)21(23)20(22(24)25-4)16(3)18-10-12-19(13-11-18)26-14-17-8-6-5-7-9-17/h5-13,15-16,20-21,23H,14H2,1-4H3. The minimum atomic E-state index is -0.758. The lowest BCUT2D eigenvalue weighted by atomic mass is 9.80. The second-order valence-corrected chi connectivity index (χ2v) is 6.92. The van der Waals surface area contributed by atoms with E-state index in [2.05, 4.69) is 0 Å². The molecule has 0 amide bonds. The summed E-state index contributed by atoms with van der Waals surface area (Å²) in [5, 5.41) is 10.5. The molecule has 0 radical (unpaired) electrons. The topological polar surface area (TPSA) is 55.8 Å². The van der Waals surface area contributed by atoms with Crippen LogP contribution in [0, 0.1) is 11.8 Å². The first-order valence-electron chi connectivity index (χ1n) is 8.96. The first-order valence-corrected chi connectivity index (χ1v) is 8.96. The zero-order valence-electron chi connectivity index (χ0n) is 15.9. The minimum Gasteiger partial charge on any atom is -0.489 e. The van der Waals surface area contributed by atoms with E-state index >= 15 is 0 Å². The van der Waals surface area contributed by atoms with Gasteiger partial charge >= 0.3 is 5.97 Å². The van der Waals surface area contributed by atoms with Crippen LogP contribution in [0.1, 0.15) is 37.8 Å². The highest BCUT2D eigenvalue weighted by Crippen LogP contribution is 2.31. The summed E-state index contributed by atoms with van der Waals surface area (Å²) in [4.78, 5) is 12.2. The van der Waals surface area contributed by atoms with E-state index in [9.17, 15) is 9.90 Å². The Bertz CT molecular complexity index is 679. The maximum absolute atomic E-state index is 12.2. The molecule has 4 heteroatoms. The van der Waals surface area contributed by atoms with Gasteiger partial charge in [0.05, 0.1) is 19.1 Å². The number of aliphatic hydroxyl groups excluding tert-OH is 1. The van der Waals surface area contributed by atoms with E-state index in [0.29, 0.717) is 6.61 Å². The summed E-state index contributed by atoms with van der Waals surface area (Å²) in [7, 11) is 1.36. The Morgan fingerprint density at radius 2 is 1.62 bits per heavy atom. The molecule has 0 saturated heterocycles. The first kappa shape index (κ1) is 20.0. The molecule has 2 rings (SSSR count). The van der Waals surface area contributed by atoms with Crippen LogP contribution in [0.4, 0.5) is 0 Å². The number of hydrogen-bond donors (Lipinski definition) is 1. The number of ether oxygens (including phenoxy) is 2. The lowest BCUT2D eigenvalue weighted by Gasteiger charge is -2.29. The molecule has 4 nitrogen and oxygen atoms in total. The molecular formula is C22H28O4. The van der Waals surface area contributed by atoms with Gasteiger partial charge in [-0.15, -0.1) is 0 Å². The normalized spacial score (nSPS) is 14.5. The molecule has 0 saturated carbocycles. The molecule has 2 aromatic carbocycles. The Morgan fingerprint density at radius 1 is 1.00 bits per heavy atom. The van der Waals surface area contributed by atoms with Crippen molar-refractivity contribution in [3.8, 4) is 5.75 Å². The van der Waals surface area contributed by atoms with Gasteiger partial charge in [-0.2, -0.15) is 0 Å². The van der Waals surface area contributed by atoms with E-state index in [4.69, 9.17) is 9.47 Å². The summed E-state index contributed by atoms with van der Waals surface area (Å²) in [5.41, 5.74) is 2.07. The molecule has 0 aromatic heterocycles. The van der Waals surface area contributed by atoms with Crippen molar-refractivity contribution >= 4 is 5.97 Å². The van der Waals surface area contributed by atoms with E-state index in [1.165, 1.54) is 7.11 Å². The zero-order valence-corrected chi connectivity index (χ0v) is 15.9. The van der Waals surface area contributed by atoms with Crippen molar-refractivity contribution in [1.82, 2.24) is 0 Å². The van der Waals surface area contributed by atoms with Gasteiger partial charge in [-0.1, -0.05) is 63.2 Å². The van der Waals surface area contributed by atoms with Crippen molar-refractivity contribution in [2.45, 2.75) is 39.4 Å². The van der Waals surface area contributed by atoms with Gasteiger partial charge in [0.1, 0.15) is 12.4 Å². The van der Waals surface area contributed by atoms with Gasteiger partial charge in [-0.3, -0.25) is 4.79 Å². The van der Waals surface area contributed by atoms with E-state index in [1.807, 2.05) is 75.4 Å². The van der Waals surface area contributed by atoms with Gasteiger partial charge in [0.25, 0.3) is 0 Å². The number of methoxy groups -OCH3 is 1. The van der Waals surface area contributed by atoms with Gasteiger partial charge in [-0.25, -0.2) is 0 Å². The predicted octanol–water partition coefficient (Wildman–Crippen LogP) is 4.18. The molecule has 3 unspecified atom stereocenters. The largest absolute Gasteiger partial charge is 0.489 e. The zero-order chi connectivity index (χ0) is 19.1. The summed E-state index contributed by atoms with van der Waals surface area (Å²) < 4.78 is 10.7. The molecule has 0 bridgehead atoms. The van der Waals surface area contributed by atoms with Crippen molar-refractivity contribution in [3.63, 3.8) is 0 Å². The van der Waals surface area contributed by atoms with Crippen LogP contribution < -0.4 is 4.74 Å². The quantitative estimate of drug-likeness (QED) is 0.721. The Balaban J connectivity index is 2.08. The summed E-state index contributed by atoms with van der Waals surface area (Å²) in [6, 6.07) is 17.6. The maximum Gasteiger partial charge on any atom is 0.311 e. The van der Waals surface area contributed by atoms with Crippen LogP contribution in [0.25, 0.3) is 0 Å². The highest BCUT2D eigenvalue weighted by Gasteiger charge is 2.35. The second-order valence-electron chi connectivity index (χ2n) is 6.92. The molecule has 0 aliphatic rings. The van der Waals surface area contributed by atoms with Crippen LogP contribution in [-0.4, -0.2) is 24.3 Å². The average molecular weight is 356 g/mol. The Kier molecular flexibility index (Phi) is 7.22. The maximum atomic E-state index is 12.2. The number of benzene rings is 2. The van der Waals surface area contributed by atoms with Crippen molar-refractivity contribution in [1.29, 1.82) is 0 Å². The SMILES string of the molecule is COC(=O)C(C(C)c1ccc(OCc2ccccc2)cc1)C(O)C(C)C. The van der Waals surface area contributed by atoms with Gasteiger partial charge in [0, 0.05) is 0 Å². The van der Waals surface area contributed by atoms with E-state index in [-0.39, 0.29) is 17.8 Å². The van der Waals surface area contributed by atoms with Crippen molar-refractivity contribution in [3.05, 3.63) is 65.7 Å². The Labute approximate surface area is 155 Å². The molecule has 3 atom stereocenters. The van der Waals surface area contributed by atoms with E-state index in [1.54, 1.807) is 0 Å². The smallest absolute Gasteiger partial charge is 0.311 e. The second kappa shape index (κ2) is 9.39. The summed E-state index contributed by atoms with van der Waals surface area (Å²) in [6.07, 6.45) is -0.758. The summed E-state index contributed by atoms with van der Waals surface area (Å²) >= 11 is 0. The monoisotopic (exact) mass is 356 g/mol. The van der Waals surface area contributed by atoms with Gasteiger partial charge in [-0.05, 0) is 35.1 Å². The lowest BCUT2D eigenvalue weighted by molar-refractivity contribution is -0.151. The fourth-order valence-electron chi connectivity index (χ4n) is 3.01. The number of esters is 1. The predicted molar refractivity (Wildman–Crippen MR) is 102 cm³/mol. The highest BCUT2D eigenvalue weighted by atomic mass is 16.5. The third-order valence-electron chi connectivity index (χ3n) is 4.72. The molecule has 0 spiro atoms. The number of hydrogen-bond acceptors (Lipinski definition) is 4. The van der Waals surface area contributed by atoms with Crippen LogP contribution in [0.5, 0.6) is 5.75 Å². The first-order chi connectivity index (χ1) is 12.4. The fraction of sp³-hybridized carbons (Fsp3) is 0.409.